The van der Waals surface area contributed by atoms with Gasteiger partial charge in [-0.25, -0.2) is 4.39 Å². The van der Waals surface area contributed by atoms with Crippen molar-refractivity contribution >= 4 is 21.6 Å². The number of nitrogens with zero attached hydrogens (tertiary/aromatic N) is 2. The molecule has 0 spiro atoms. The Morgan fingerprint density at radius 3 is 2.67 bits per heavy atom. The monoisotopic (exact) mass is 350 g/mol. The standard InChI is InChI=1S/C14H8BrFN2O3/c15-7-9-1-4-14(13(5-9)18(19)20)21-11-3-2-10(8-17)12(16)6-11/h1-6H,7H2. The summed E-state index contributed by atoms with van der Waals surface area (Å²) in [6, 6.07) is 9.83. The van der Waals surface area contributed by atoms with E-state index in [4.69, 9.17) is 10.00 Å². The average molecular weight is 351 g/mol. The number of ether oxygens (including phenoxy) is 1. The summed E-state index contributed by atoms with van der Waals surface area (Å²) >= 11 is 3.21. The molecule has 0 saturated carbocycles. The van der Waals surface area contributed by atoms with Gasteiger partial charge in [-0.1, -0.05) is 22.0 Å². The predicted molar refractivity (Wildman–Crippen MR) is 76.9 cm³/mol. The van der Waals surface area contributed by atoms with Gasteiger partial charge in [-0.2, -0.15) is 5.26 Å². The molecule has 2 rings (SSSR count). The number of hydrogen-bond donors (Lipinski definition) is 0. The van der Waals surface area contributed by atoms with Crippen molar-refractivity contribution in [2.45, 2.75) is 5.33 Å². The highest BCUT2D eigenvalue weighted by molar-refractivity contribution is 9.08. The number of benzene rings is 2. The van der Waals surface area contributed by atoms with E-state index in [-0.39, 0.29) is 22.7 Å². The third-order valence-electron chi connectivity index (χ3n) is 2.66. The summed E-state index contributed by atoms with van der Waals surface area (Å²) in [7, 11) is 0. The third-order valence-corrected chi connectivity index (χ3v) is 3.31. The van der Waals surface area contributed by atoms with Gasteiger partial charge in [0, 0.05) is 17.5 Å². The van der Waals surface area contributed by atoms with E-state index >= 15 is 0 Å². The molecule has 0 aliphatic rings. The lowest BCUT2D eigenvalue weighted by Gasteiger charge is -2.07. The highest BCUT2D eigenvalue weighted by Gasteiger charge is 2.17. The van der Waals surface area contributed by atoms with Crippen LogP contribution in [0.2, 0.25) is 0 Å². The second-order valence-corrected chi connectivity index (χ2v) is 4.61. The van der Waals surface area contributed by atoms with Crippen LogP contribution in [0.5, 0.6) is 11.5 Å². The van der Waals surface area contributed by atoms with Crippen molar-refractivity contribution in [3.8, 4) is 17.6 Å². The fourth-order valence-corrected chi connectivity index (χ4v) is 2.00. The summed E-state index contributed by atoms with van der Waals surface area (Å²) in [5.41, 5.74) is 0.392. The Bertz CT molecular complexity index is 743. The van der Waals surface area contributed by atoms with Crippen LogP contribution >= 0.6 is 15.9 Å². The number of hydrogen-bond acceptors (Lipinski definition) is 4. The first-order valence-corrected chi connectivity index (χ1v) is 6.88. The minimum absolute atomic E-state index is 0.00816. The molecule has 0 bridgehead atoms. The molecular weight excluding hydrogens is 343 g/mol. The molecule has 0 fully saturated rings. The molecule has 0 saturated heterocycles. The van der Waals surface area contributed by atoms with Crippen LogP contribution in [0.3, 0.4) is 0 Å². The molecule has 2 aromatic rings. The minimum atomic E-state index is -0.741. The normalized spacial score (nSPS) is 9.95. The van der Waals surface area contributed by atoms with Gasteiger partial charge < -0.3 is 4.74 Å². The predicted octanol–water partition coefficient (Wildman–Crippen LogP) is 4.29. The van der Waals surface area contributed by atoms with E-state index in [2.05, 4.69) is 15.9 Å². The van der Waals surface area contributed by atoms with Crippen LogP contribution in [0, 0.1) is 27.3 Å². The Morgan fingerprint density at radius 1 is 1.33 bits per heavy atom. The van der Waals surface area contributed by atoms with Crippen molar-refractivity contribution in [2.75, 3.05) is 0 Å². The van der Waals surface area contributed by atoms with Crippen molar-refractivity contribution in [1.82, 2.24) is 0 Å². The van der Waals surface area contributed by atoms with Crippen LogP contribution in [-0.2, 0) is 5.33 Å². The topological polar surface area (TPSA) is 76.2 Å². The summed E-state index contributed by atoms with van der Waals surface area (Å²) in [5, 5.41) is 20.2. The molecule has 0 radical (unpaired) electrons. The van der Waals surface area contributed by atoms with E-state index in [1.165, 1.54) is 24.3 Å². The molecule has 21 heavy (non-hydrogen) atoms. The summed E-state index contributed by atoms with van der Waals surface area (Å²) in [6.07, 6.45) is 0. The molecule has 2 aromatic carbocycles. The number of rotatable bonds is 4. The second-order valence-electron chi connectivity index (χ2n) is 4.05. The first-order chi connectivity index (χ1) is 10.0. The Kier molecular flexibility index (Phi) is 4.50. The molecule has 0 aromatic heterocycles. The number of alkyl halides is 1. The molecule has 0 N–H and O–H groups in total. The van der Waals surface area contributed by atoms with Crippen molar-refractivity contribution in [2.24, 2.45) is 0 Å². The van der Waals surface area contributed by atoms with Crippen molar-refractivity contribution in [3.63, 3.8) is 0 Å². The van der Waals surface area contributed by atoms with E-state index < -0.39 is 10.7 Å². The molecule has 0 atom stereocenters. The number of halogens is 2. The molecule has 0 aliphatic heterocycles. The van der Waals surface area contributed by atoms with Crippen molar-refractivity contribution < 1.29 is 14.1 Å². The molecule has 7 heteroatoms. The fourth-order valence-electron chi connectivity index (χ4n) is 1.65. The van der Waals surface area contributed by atoms with Crippen molar-refractivity contribution in [3.05, 3.63) is 63.5 Å². The lowest BCUT2D eigenvalue weighted by Crippen LogP contribution is -1.95. The zero-order chi connectivity index (χ0) is 15.4. The largest absolute Gasteiger partial charge is 0.450 e. The number of nitriles is 1. The van der Waals surface area contributed by atoms with Crippen LogP contribution in [0.15, 0.2) is 36.4 Å². The quantitative estimate of drug-likeness (QED) is 0.468. The molecule has 0 heterocycles. The van der Waals surface area contributed by atoms with Gasteiger partial charge in [0.2, 0.25) is 5.75 Å². The second kappa shape index (κ2) is 6.33. The van der Waals surface area contributed by atoms with Gasteiger partial charge in [-0.3, -0.25) is 10.1 Å². The van der Waals surface area contributed by atoms with E-state index in [0.29, 0.717) is 5.33 Å². The SMILES string of the molecule is N#Cc1ccc(Oc2ccc(CBr)cc2[N+](=O)[O-])cc1F. The van der Waals surface area contributed by atoms with E-state index in [1.54, 1.807) is 12.1 Å². The smallest absolute Gasteiger partial charge is 0.311 e. The van der Waals surface area contributed by atoms with Crippen LogP contribution in [0.25, 0.3) is 0 Å². The summed E-state index contributed by atoms with van der Waals surface area (Å²) in [4.78, 5) is 10.5. The molecule has 0 aliphatic carbocycles. The van der Waals surface area contributed by atoms with Gasteiger partial charge in [0.1, 0.15) is 17.6 Å². The van der Waals surface area contributed by atoms with Crippen molar-refractivity contribution in [1.29, 1.82) is 5.26 Å². The van der Waals surface area contributed by atoms with Gasteiger partial charge in [0.05, 0.1) is 10.5 Å². The van der Waals surface area contributed by atoms with Crippen LogP contribution < -0.4 is 4.74 Å². The summed E-state index contributed by atoms with van der Waals surface area (Å²) in [6.45, 7) is 0. The Labute approximate surface area is 127 Å². The minimum Gasteiger partial charge on any atom is -0.450 e. The van der Waals surface area contributed by atoms with E-state index in [1.807, 2.05) is 0 Å². The Hall–Kier alpha value is -2.46. The molecular formula is C14H8BrFN2O3. The van der Waals surface area contributed by atoms with Gasteiger partial charge in [-0.15, -0.1) is 0 Å². The van der Waals surface area contributed by atoms with Crippen LogP contribution in [0.1, 0.15) is 11.1 Å². The zero-order valence-electron chi connectivity index (χ0n) is 10.5. The maximum Gasteiger partial charge on any atom is 0.311 e. The Balaban J connectivity index is 2.37. The summed E-state index contributed by atoms with van der Waals surface area (Å²) < 4.78 is 18.8. The van der Waals surface area contributed by atoms with E-state index in [0.717, 1.165) is 11.6 Å². The first-order valence-electron chi connectivity index (χ1n) is 5.76. The Morgan fingerprint density at radius 2 is 2.10 bits per heavy atom. The lowest BCUT2D eigenvalue weighted by molar-refractivity contribution is -0.385. The molecule has 0 unspecified atom stereocenters. The van der Waals surface area contributed by atoms with Crippen LogP contribution in [-0.4, -0.2) is 4.92 Å². The maximum atomic E-state index is 13.5. The van der Waals surface area contributed by atoms with E-state index in [9.17, 15) is 14.5 Å². The zero-order valence-corrected chi connectivity index (χ0v) is 12.1. The van der Waals surface area contributed by atoms with Gasteiger partial charge in [0.25, 0.3) is 0 Å². The number of nitro benzene ring substituents is 1. The van der Waals surface area contributed by atoms with Gasteiger partial charge >= 0.3 is 5.69 Å². The molecule has 0 amide bonds. The lowest BCUT2D eigenvalue weighted by atomic mass is 10.2. The number of nitro groups is 1. The van der Waals surface area contributed by atoms with Gasteiger partial charge in [-0.05, 0) is 23.8 Å². The highest BCUT2D eigenvalue weighted by Crippen LogP contribution is 2.33. The molecule has 5 nitrogen and oxygen atoms in total. The maximum absolute atomic E-state index is 13.5. The fraction of sp³-hybridized carbons (Fsp3) is 0.0714. The average Bonchev–Trinajstić information content (AvgIpc) is 2.47. The summed E-state index contributed by atoms with van der Waals surface area (Å²) in [5.74, 6) is -0.648. The third kappa shape index (κ3) is 3.35. The highest BCUT2D eigenvalue weighted by atomic mass is 79.9. The van der Waals surface area contributed by atoms with Gasteiger partial charge in [0.15, 0.2) is 0 Å². The van der Waals surface area contributed by atoms with Crippen LogP contribution in [0.4, 0.5) is 10.1 Å². The first kappa shape index (κ1) is 14.9. The molecule has 106 valence electrons.